The van der Waals surface area contributed by atoms with Crippen molar-refractivity contribution in [3.05, 3.63) is 0 Å². The van der Waals surface area contributed by atoms with E-state index in [1.165, 1.54) is 0 Å². The van der Waals surface area contributed by atoms with Gasteiger partial charge in [-0.3, -0.25) is 4.79 Å². The van der Waals surface area contributed by atoms with Crippen LogP contribution < -0.4 is 11.1 Å². The molecule has 13 heavy (non-hydrogen) atoms. The standard InChI is InChI=1S/C9H16N2O2/c10-9(8(12)13)4-3-7-6(9)2-1-5-11-7/h6-7,11H,1-5,10H2,(H,12,13). The van der Waals surface area contributed by atoms with Gasteiger partial charge in [0.05, 0.1) is 0 Å². The van der Waals surface area contributed by atoms with Crippen molar-refractivity contribution in [2.45, 2.75) is 37.3 Å². The van der Waals surface area contributed by atoms with Crippen molar-refractivity contribution < 1.29 is 9.90 Å². The van der Waals surface area contributed by atoms with E-state index >= 15 is 0 Å². The number of nitrogens with one attached hydrogen (secondary N) is 1. The molecule has 0 spiro atoms. The Kier molecular flexibility index (Phi) is 2.04. The highest BCUT2D eigenvalue weighted by Crippen LogP contribution is 2.39. The number of carbonyl (C=O) groups is 1. The van der Waals surface area contributed by atoms with Crippen molar-refractivity contribution in [2.75, 3.05) is 6.54 Å². The Bertz CT molecular complexity index is 232. The largest absolute Gasteiger partial charge is 0.480 e. The molecule has 0 aromatic rings. The Morgan fingerprint density at radius 2 is 2.31 bits per heavy atom. The molecule has 3 unspecified atom stereocenters. The number of rotatable bonds is 1. The van der Waals surface area contributed by atoms with Crippen LogP contribution in [0.15, 0.2) is 0 Å². The van der Waals surface area contributed by atoms with Gasteiger partial charge in [-0.05, 0) is 32.2 Å². The van der Waals surface area contributed by atoms with Crippen molar-refractivity contribution in [1.29, 1.82) is 0 Å². The molecule has 0 radical (unpaired) electrons. The summed E-state index contributed by atoms with van der Waals surface area (Å²) in [5, 5.41) is 12.4. The highest BCUT2D eigenvalue weighted by molar-refractivity contribution is 5.79. The summed E-state index contributed by atoms with van der Waals surface area (Å²) in [6.07, 6.45) is 3.53. The lowest BCUT2D eigenvalue weighted by Crippen LogP contribution is -2.56. The first-order valence-electron chi connectivity index (χ1n) is 4.90. The van der Waals surface area contributed by atoms with Crippen LogP contribution in [0.25, 0.3) is 0 Å². The minimum absolute atomic E-state index is 0.138. The lowest BCUT2D eigenvalue weighted by Gasteiger charge is -2.34. The number of carboxylic acids is 1. The van der Waals surface area contributed by atoms with Gasteiger partial charge < -0.3 is 16.2 Å². The van der Waals surface area contributed by atoms with Gasteiger partial charge in [0.1, 0.15) is 5.54 Å². The van der Waals surface area contributed by atoms with Crippen LogP contribution in [0.5, 0.6) is 0 Å². The van der Waals surface area contributed by atoms with Crippen LogP contribution in [0.3, 0.4) is 0 Å². The average Bonchev–Trinajstić information content (AvgIpc) is 2.47. The second kappa shape index (κ2) is 2.96. The summed E-state index contributed by atoms with van der Waals surface area (Å²) >= 11 is 0. The predicted octanol–water partition coefficient (Wildman–Crippen LogP) is -0.0695. The summed E-state index contributed by atoms with van der Waals surface area (Å²) in [5.74, 6) is -0.692. The van der Waals surface area contributed by atoms with E-state index in [-0.39, 0.29) is 5.92 Å². The highest BCUT2D eigenvalue weighted by Gasteiger charge is 2.51. The molecule has 3 atom stereocenters. The molecule has 4 heteroatoms. The molecule has 74 valence electrons. The monoisotopic (exact) mass is 184 g/mol. The summed E-state index contributed by atoms with van der Waals surface area (Å²) in [7, 11) is 0. The van der Waals surface area contributed by atoms with Crippen LogP contribution in [0.2, 0.25) is 0 Å². The van der Waals surface area contributed by atoms with E-state index < -0.39 is 11.5 Å². The second-order valence-electron chi connectivity index (χ2n) is 4.19. The second-order valence-corrected chi connectivity index (χ2v) is 4.19. The lowest BCUT2D eigenvalue weighted by molar-refractivity contribution is -0.145. The molecule has 1 saturated heterocycles. The first-order valence-corrected chi connectivity index (χ1v) is 4.90. The number of piperidine rings is 1. The van der Waals surface area contributed by atoms with Crippen LogP contribution >= 0.6 is 0 Å². The SMILES string of the molecule is NC1(C(=O)O)CCC2NCCCC21. The van der Waals surface area contributed by atoms with Gasteiger partial charge in [0, 0.05) is 12.0 Å². The molecule has 1 saturated carbocycles. The van der Waals surface area contributed by atoms with Gasteiger partial charge in [-0.25, -0.2) is 0 Å². The van der Waals surface area contributed by atoms with Crippen molar-refractivity contribution >= 4 is 5.97 Å². The Labute approximate surface area is 77.5 Å². The number of carboxylic acid groups (broad SMARTS) is 1. The van der Waals surface area contributed by atoms with E-state index in [4.69, 9.17) is 10.8 Å². The molecule has 0 aromatic carbocycles. The van der Waals surface area contributed by atoms with E-state index in [9.17, 15) is 4.79 Å². The van der Waals surface area contributed by atoms with E-state index in [1.54, 1.807) is 0 Å². The fourth-order valence-electron chi connectivity index (χ4n) is 2.72. The van der Waals surface area contributed by atoms with Crippen molar-refractivity contribution in [1.82, 2.24) is 5.32 Å². The maximum absolute atomic E-state index is 11.0. The minimum Gasteiger partial charge on any atom is -0.480 e. The first kappa shape index (κ1) is 8.97. The smallest absolute Gasteiger partial charge is 0.324 e. The maximum atomic E-state index is 11.0. The number of aliphatic carboxylic acids is 1. The van der Waals surface area contributed by atoms with Crippen LogP contribution in [-0.2, 0) is 4.79 Å². The first-order chi connectivity index (χ1) is 6.14. The molecule has 0 bridgehead atoms. The van der Waals surface area contributed by atoms with Crippen molar-refractivity contribution in [2.24, 2.45) is 11.7 Å². The van der Waals surface area contributed by atoms with Crippen molar-refractivity contribution in [3.63, 3.8) is 0 Å². The summed E-state index contributed by atoms with van der Waals surface area (Å²) in [6.45, 7) is 1.01. The van der Waals surface area contributed by atoms with Gasteiger partial charge in [0.15, 0.2) is 0 Å². The summed E-state index contributed by atoms with van der Waals surface area (Å²) in [5.41, 5.74) is 4.96. The van der Waals surface area contributed by atoms with Gasteiger partial charge in [-0.1, -0.05) is 0 Å². The Balaban J connectivity index is 2.19. The third-order valence-electron chi connectivity index (χ3n) is 3.51. The van der Waals surface area contributed by atoms with Gasteiger partial charge in [-0.2, -0.15) is 0 Å². The Morgan fingerprint density at radius 1 is 1.54 bits per heavy atom. The lowest BCUT2D eigenvalue weighted by atomic mass is 9.81. The van der Waals surface area contributed by atoms with E-state index in [1.807, 2.05) is 0 Å². The molecule has 2 fully saturated rings. The summed E-state index contributed by atoms with van der Waals surface area (Å²) in [4.78, 5) is 11.0. The fraction of sp³-hybridized carbons (Fsp3) is 0.889. The zero-order valence-electron chi connectivity index (χ0n) is 7.62. The molecule has 4 N–H and O–H groups in total. The quantitative estimate of drug-likeness (QED) is 0.533. The molecule has 2 rings (SSSR count). The van der Waals surface area contributed by atoms with Crippen LogP contribution in [0.4, 0.5) is 0 Å². The topological polar surface area (TPSA) is 75.4 Å². The maximum Gasteiger partial charge on any atom is 0.324 e. The Morgan fingerprint density at radius 3 is 3.00 bits per heavy atom. The highest BCUT2D eigenvalue weighted by atomic mass is 16.4. The molecular formula is C9H16N2O2. The number of hydrogen-bond donors (Lipinski definition) is 3. The molecule has 1 aliphatic heterocycles. The van der Waals surface area contributed by atoms with Crippen LogP contribution in [-0.4, -0.2) is 29.2 Å². The molecular weight excluding hydrogens is 168 g/mol. The molecule has 2 aliphatic rings. The minimum atomic E-state index is -0.960. The molecule has 1 aliphatic carbocycles. The van der Waals surface area contributed by atoms with Gasteiger partial charge >= 0.3 is 5.97 Å². The molecule has 0 amide bonds. The number of nitrogens with two attached hydrogens (primary N) is 1. The number of fused-ring (bicyclic) bond motifs is 1. The average molecular weight is 184 g/mol. The Hall–Kier alpha value is -0.610. The van der Waals surface area contributed by atoms with E-state index in [0.717, 1.165) is 25.8 Å². The summed E-state index contributed by atoms with van der Waals surface area (Å²) in [6, 6.07) is 0.342. The van der Waals surface area contributed by atoms with Gasteiger partial charge in [-0.15, -0.1) is 0 Å². The van der Waals surface area contributed by atoms with E-state index in [0.29, 0.717) is 12.5 Å². The predicted molar refractivity (Wildman–Crippen MR) is 48.3 cm³/mol. The van der Waals surface area contributed by atoms with Crippen LogP contribution in [0, 0.1) is 5.92 Å². The fourth-order valence-corrected chi connectivity index (χ4v) is 2.72. The van der Waals surface area contributed by atoms with Crippen molar-refractivity contribution in [3.8, 4) is 0 Å². The summed E-state index contributed by atoms with van der Waals surface area (Å²) < 4.78 is 0. The van der Waals surface area contributed by atoms with Gasteiger partial charge in [0.25, 0.3) is 0 Å². The van der Waals surface area contributed by atoms with Crippen LogP contribution in [0.1, 0.15) is 25.7 Å². The number of hydrogen-bond acceptors (Lipinski definition) is 3. The molecule has 1 heterocycles. The molecule has 4 nitrogen and oxygen atoms in total. The van der Waals surface area contributed by atoms with Gasteiger partial charge in [0.2, 0.25) is 0 Å². The normalized spacial score (nSPS) is 44.4. The third-order valence-corrected chi connectivity index (χ3v) is 3.51. The third kappa shape index (κ3) is 1.25. The zero-order valence-corrected chi connectivity index (χ0v) is 7.62. The molecule has 0 aromatic heterocycles. The van der Waals surface area contributed by atoms with E-state index in [2.05, 4.69) is 5.32 Å². The zero-order chi connectivity index (χ0) is 9.47.